The Kier molecular flexibility index (Phi) is 24.9. The quantitative estimate of drug-likeness (QED) is 0.0943. The van der Waals surface area contributed by atoms with Crippen molar-refractivity contribution in [2.75, 3.05) is 14.1 Å². The van der Waals surface area contributed by atoms with Crippen LogP contribution in [0.3, 0.4) is 0 Å². The number of benzene rings is 2. The number of hydroxylamine groups is 2. The number of nitrogens with one attached hydrogen (secondary N) is 1. The first kappa shape index (κ1) is 47.1. The van der Waals surface area contributed by atoms with Gasteiger partial charge in [-0.1, -0.05) is 6.07 Å². The molecule has 2 rings (SSSR count). The molecule has 0 spiro atoms. The summed E-state index contributed by atoms with van der Waals surface area (Å²) in [6, 6.07) is 10.1. The number of aryl methyl sites for hydroxylation is 2. The molecule has 0 heterocycles. The fraction of sp³-hybridized carbons (Fsp3) is 0.433. The van der Waals surface area contributed by atoms with E-state index >= 15 is 0 Å². The number of aliphatic carboxylic acids is 1. The minimum Gasteiger partial charge on any atom is -0.624 e. The van der Waals surface area contributed by atoms with Crippen LogP contribution in [0.2, 0.25) is 0 Å². The summed E-state index contributed by atoms with van der Waals surface area (Å²) in [5.41, 5.74) is 4.62. The number of rotatable bonds is 4. The predicted octanol–water partition coefficient (Wildman–Crippen LogP) is 1.05. The third-order valence-electron chi connectivity index (χ3n) is 4.21. The third-order valence-corrected chi connectivity index (χ3v) is 4.21. The van der Waals surface area contributed by atoms with Gasteiger partial charge in [0.15, 0.2) is 6.21 Å². The van der Waals surface area contributed by atoms with Gasteiger partial charge in [0.1, 0.15) is 24.5 Å². The monoisotopic (exact) mass is 634 g/mol. The topological polar surface area (TPSA) is 168 Å². The number of carboxylic acid groups (broad SMARTS) is 1. The average molecular weight is 635 g/mol. The zero-order valence-electron chi connectivity index (χ0n) is 27.2. The smallest absolute Gasteiger partial charge is 0.624 e. The average Bonchev–Trinajstić information content (AvgIpc) is 2.76. The molecule has 43 heavy (non-hydrogen) atoms. The molecule has 0 fully saturated rings. The van der Waals surface area contributed by atoms with Crippen molar-refractivity contribution >= 4 is 42.8 Å². The molecule has 0 aliphatic rings. The minimum absolute atomic E-state index is 0. The molecule has 0 saturated carbocycles. The van der Waals surface area contributed by atoms with Crippen molar-refractivity contribution < 1.29 is 73.3 Å². The standard InChI is InChI=1S/C14H19NO3.C13H16O3.C2H4O2.CH5NO.ClH.Na/c1-10-8-11(9-15(5)17)6-7-12(10)13(16)18-14(2,3)4;1-9-7-10(8-14)5-6-11(9)12(15)16-13(2,3)4;1-2(3)4;1-2-3;;/h6-9H,1-5H3;5-8H,1-4H3;1H3,(H,3,4);2-3H,1H3;1H;/q;;;;;+1/p-1/b15-9+;;;;;. The number of aldehydes is 1. The van der Waals surface area contributed by atoms with Gasteiger partial charge < -0.3 is 29.8 Å². The fourth-order valence-corrected chi connectivity index (χ4v) is 2.86. The Morgan fingerprint density at radius 3 is 1.42 bits per heavy atom. The molecule has 0 radical (unpaired) electrons. The van der Waals surface area contributed by atoms with Crippen molar-refractivity contribution in [2.45, 2.75) is 73.5 Å². The Balaban J connectivity index is -0.000000281. The number of carboxylic acids is 1. The van der Waals surface area contributed by atoms with Crippen LogP contribution < -0.4 is 40.1 Å². The second-order valence-corrected chi connectivity index (χ2v) is 10.7. The summed E-state index contributed by atoms with van der Waals surface area (Å²) in [6.07, 6.45) is 2.21. The molecule has 0 atom stereocenters. The third kappa shape index (κ3) is 24.3. The molecule has 2 aromatic carbocycles. The largest absolute Gasteiger partial charge is 1.00 e. The van der Waals surface area contributed by atoms with Gasteiger partial charge in [-0.15, -0.1) is 12.4 Å². The van der Waals surface area contributed by atoms with E-state index in [2.05, 4.69) is 0 Å². The summed E-state index contributed by atoms with van der Waals surface area (Å²) in [5.74, 6) is -1.79. The molecule has 0 aliphatic heterocycles. The van der Waals surface area contributed by atoms with E-state index < -0.39 is 17.2 Å². The number of esters is 2. The minimum atomic E-state index is -1.08. The Hall–Kier alpha value is -2.80. The van der Waals surface area contributed by atoms with Gasteiger partial charge in [0.25, 0.3) is 0 Å². The van der Waals surface area contributed by atoms with Gasteiger partial charge in [-0.3, -0.25) is 4.79 Å². The van der Waals surface area contributed by atoms with Crippen molar-refractivity contribution in [1.82, 2.24) is 5.48 Å². The first-order chi connectivity index (χ1) is 18.7. The Morgan fingerprint density at radius 2 is 1.16 bits per heavy atom. The summed E-state index contributed by atoms with van der Waals surface area (Å²) in [7, 11) is 2.84. The summed E-state index contributed by atoms with van der Waals surface area (Å²) in [4.78, 5) is 43.1. The number of nitrogens with zero attached hydrogens (tertiary/aromatic N) is 1. The molecule has 13 heteroatoms. The second-order valence-electron chi connectivity index (χ2n) is 10.7. The van der Waals surface area contributed by atoms with Crippen LogP contribution >= 0.6 is 12.4 Å². The van der Waals surface area contributed by atoms with Gasteiger partial charge in [-0.05, 0) is 104 Å². The van der Waals surface area contributed by atoms with E-state index in [1.165, 1.54) is 20.3 Å². The molecule has 2 N–H and O–H groups in total. The van der Waals surface area contributed by atoms with Crippen molar-refractivity contribution in [3.63, 3.8) is 0 Å². The van der Waals surface area contributed by atoms with E-state index in [9.17, 15) is 19.6 Å². The second kappa shape index (κ2) is 22.7. The SMILES string of the molecule is CC(=O)[O-].CNO.Cc1cc(/C=[N+](\C)[O-])ccc1C(=O)OC(C)(C)C.Cc1cc(C=O)ccc1C(=O)OC(C)(C)C.Cl.[Na+]. The van der Waals surface area contributed by atoms with Crippen LogP contribution in [0.1, 0.15) is 96.2 Å². The van der Waals surface area contributed by atoms with E-state index in [-0.39, 0.29) is 53.9 Å². The van der Waals surface area contributed by atoms with Gasteiger partial charge in [-0.2, -0.15) is 0 Å². The number of carbonyl (C=O) groups excluding carboxylic acids is 4. The maximum absolute atomic E-state index is 11.9. The van der Waals surface area contributed by atoms with Crippen molar-refractivity contribution in [2.24, 2.45) is 0 Å². The Morgan fingerprint density at radius 1 is 0.860 bits per heavy atom. The van der Waals surface area contributed by atoms with Gasteiger partial charge in [0, 0.05) is 24.1 Å². The predicted molar refractivity (Wildman–Crippen MR) is 162 cm³/mol. The molecule has 236 valence electrons. The van der Waals surface area contributed by atoms with Gasteiger partial charge in [0.2, 0.25) is 0 Å². The van der Waals surface area contributed by atoms with E-state index in [1.54, 1.807) is 48.8 Å². The molecule has 0 bridgehead atoms. The maximum Gasteiger partial charge on any atom is 1.00 e. The number of hydrogen-bond donors (Lipinski definition) is 2. The van der Waals surface area contributed by atoms with Gasteiger partial charge in [0.05, 0.1) is 11.1 Å². The Labute approximate surface area is 282 Å². The Bertz CT molecular complexity index is 1200. The number of hydrogen-bond acceptors (Lipinski definition) is 10. The van der Waals surface area contributed by atoms with Crippen LogP contribution in [0, 0.1) is 19.1 Å². The first-order valence-electron chi connectivity index (χ1n) is 12.5. The van der Waals surface area contributed by atoms with Crippen LogP contribution in [-0.2, 0) is 14.3 Å². The normalized spacial score (nSPS) is 10.3. The summed E-state index contributed by atoms with van der Waals surface area (Å²) < 4.78 is 11.3. The molecule has 0 saturated heterocycles. The van der Waals surface area contributed by atoms with Crippen molar-refractivity contribution in [3.05, 3.63) is 75.0 Å². The van der Waals surface area contributed by atoms with Crippen LogP contribution in [0.15, 0.2) is 36.4 Å². The van der Waals surface area contributed by atoms with Gasteiger partial charge in [-0.25, -0.2) is 19.8 Å². The molecule has 0 amide bonds. The summed E-state index contributed by atoms with van der Waals surface area (Å²) in [6.45, 7) is 15.5. The van der Waals surface area contributed by atoms with Gasteiger partial charge >= 0.3 is 41.5 Å². The fourth-order valence-electron chi connectivity index (χ4n) is 2.86. The van der Waals surface area contributed by atoms with E-state index in [4.69, 9.17) is 24.6 Å². The van der Waals surface area contributed by atoms with Crippen molar-refractivity contribution in [1.29, 1.82) is 0 Å². The van der Waals surface area contributed by atoms with Crippen molar-refractivity contribution in [3.8, 4) is 0 Å². The molecule has 2 aromatic rings. The molecular formula is C30H44ClN2NaO9. The van der Waals surface area contributed by atoms with E-state index in [0.29, 0.717) is 16.7 Å². The number of carbonyl (C=O) groups is 4. The molecular weight excluding hydrogens is 591 g/mol. The zero-order valence-corrected chi connectivity index (χ0v) is 30.0. The molecule has 11 nitrogen and oxygen atoms in total. The zero-order chi connectivity index (χ0) is 32.6. The van der Waals surface area contributed by atoms with Crippen LogP contribution in [0.5, 0.6) is 0 Å². The van der Waals surface area contributed by atoms with Crippen LogP contribution in [0.4, 0.5) is 0 Å². The van der Waals surface area contributed by atoms with E-state index in [1.807, 2.05) is 48.5 Å². The maximum atomic E-state index is 11.9. The first-order valence-corrected chi connectivity index (χ1v) is 12.5. The summed E-state index contributed by atoms with van der Waals surface area (Å²) >= 11 is 0. The van der Waals surface area contributed by atoms with Crippen LogP contribution in [-0.4, -0.2) is 65.7 Å². The van der Waals surface area contributed by atoms with Crippen LogP contribution in [0.25, 0.3) is 0 Å². The number of halogens is 1. The van der Waals surface area contributed by atoms with E-state index in [0.717, 1.165) is 34.6 Å². The number of ether oxygens (including phenoxy) is 2. The molecule has 0 unspecified atom stereocenters. The molecule has 0 aromatic heterocycles. The molecule has 0 aliphatic carbocycles. The summed E-state index contributed by atoms with van der Waals surface area (Å²) in [5, 5.41) is 27.1.